The molecule has 0 fully saturated rings. The lowest BCUT2D eigenvalue weighted by atomic mass is 10.1. The van der Waals surface area contributed by atoms with Crippen LogP contribution in [0, 0.1) is 17.0 Å². The van der Waals surface area contributed by atoms with E-state index in [-0.39, 0.29) is 24.7 Å². The Labute approximate surface area is 204 Å². The molecule has 0 aliphatic carbocycles. The number of carbonyl (C=O) groups is 1. The van der Waals surface area contributed by atoms with Crippen molar-refractivity contribution in [2.75, 3.05) is 5.73 Å². The van der Waals surface area contributed by atoms with Gasteiger partial charge in [-0.15, -0.1) is 11.3 Å². The first-order valence-electron chi connectivity index (χ1n) is 10.7. The fraction of sp³-hybridized carbons (Fsp3) is 0.462. The first-order valence-corrected chi connectivity index (χ1v) is 11.6. The van der Waals surface area contributed by atoms with Crippen LogP contribution in [0.25, 0.3) is 0 Å². The molecule has 6 nitrogen and oxygen atoms in total. The zero-order valence-electron chi connectivity index (χ0n) is 21.0. The minimum Gasteiger partial charge on any atom is -0.382 e. The Morgan fingerprint density at radius 1 is 1.00 bits per heavy atom. The predicted octanol–water partition coefficient (Wildman–Crippen LogP) is 8.56. The number of non-ortho nitro benzene ring substituents is 1. The van der Waals surface area contributed by atoms with E-state index in [0.717, 1.165) is 0 Å². The largest absolute Gasteiger partial charge is 0.382 e. The molecular weight excluding hydrogens is 434 g/mol. The average molecular weight is 478 g/mol. The minimum atomic E-state index is -0.514. The fourth-order valence-corrected chi connectivity index (χ4v) is 2.60. The first kappa shape index (κ1) is 34.8. The van der Waals surface area contributed by atoms with Crippen molar-refractivity contribution in [3.05, 3.63) is 73.1 Å². The summed E-state index contributed by atoms with van der Waals surface area (Å²) in [4.78, 5) is 26.4. The maximum atomic E-state index is 12.1. The highest BCUT2D eigenvalue weighted by Crippen LogP contribution is 2.24. The van der Waals surface area contributed by atoms with Crippen LogP contribution in [0.3, 0.4) is 0 Å². The number of nitrogen functional groups attached to an aromatic ring is 1. The number of hydrogen-bond donors (Lipinski definition) is 1. The molecule has 0 unspecified atom stereocenters. The number of aryl methyl sites for hydroxylation is 1. The summed E-state index contributed by atoms with van der Waals surface area (Å²) in [6, 6.07) is 5.40. The third kappa shape index (κ3) is 16.5. The number of nitro groups is 1. The molecule has 0 amide bonds. The molecule has 0 aliphatic rings. The van der Waals surface area contributed by atoms with E-state index < -0.39 is 4.92 Å². The Kier molecular flexibility index (Phi) is 20.9. The summed E-state index contributed by atoms with van der Waals surface area (Å²) in [6.07, 6.45) is 6.74. The highest BCUT2D eigenvalue weighted by molar-refractivity contribution is 7.14. The molecule has 2 aromatic rings. The number of hydrogen-bond acceptors (Lipinski definition) is 6. The maximum absolute atomic E-state index is 12.1. The number of benzene rings is 1. The minimum absolute atomic E-state index is 0. The zero-order chi connectivity index (χ0) is 25.3. The number of anilines is 1. The van der Waals surface area contributed by atoms with E-state index in [0.29, 0.717) is 15.4 Å². The summed E-state index contributed by atoms with van der Waals surface area (Å²) in [5.74, 6) is -0.0751. The number of nitrogens with zero attached hydrogens (tertiary/aromatic N) is 2. The quantitative estimate of drug-likeness (QED) is 0.206. The second-order valence-electron chi connectivity index (χ2n) is 7.48. The molecule has 1 aromatic heterocycles. The second kappa shape index (κ2) is 19.9. The number of thiazole rings is 1. The Morgan fingerprint density at radius 3 is 1.67 bits per heavy atom. The Hall–Kier alpha value is -2.80. The van der Waals surface area contributed by atoms with Gasteiger partial charge in [-0.25, -0.2) is 4.98 Å². The molecule has 1 aromatic carbocycles. The van der Waals surface area contributed by atoms with Gasteiger partial charge in [0.1, 0.15) is 10.7 Å². The lowest BCUT2D eigenvalue weighted by Crippen LogP contribution is -2.02. The Morgan fingerprint density at radius 2 is 1.39 bits per heavy atom. The van der Waals surface area contributed by atoms with Crippen molar-refractivity contribution in [2.45, 2.75) is 82.6 Å². The predicted molar refractivity (Wildman–Crippen MR) is 145 cm³/mol. The molecule has 186 valence electrons. The summed E-state index contributed by atoms with van der Waals surface area (Å²) in [7, 11) is 0. The molecule has 0 saturated carbocycles. The standard InChI is InChI=1S/C11H9N3O3S.C8H14.2C3H8.CH4/c1-6-13-11(12)10(18-6)9(15)7-2-4-8(5-3-7)14(16)17;1-7(2)5-6-8(3)4;2*1-3-2;/h2-5H,12H2,1H3;5-6H,1-4H3;2*3H2,1-2H3;1H4. The van der Waals surface area contributed by atoms with Gasteiger partial charge in [0.2, 0.25) is 5.78 Å². The van der Waals surface area contributed by atoms with Crippen molar-refractivity contribution >= 4 is 28.6 Å². The van der Waals surface area contributed by atoms with Gasteiger partial charge in [0.25, 0.3) is 5.69 Å². The molecule has 0 aliphatic heterocycles. The number of nitrogens with two attached hydrogens (primary N) is 1. The van der Waals surface area contributed by atoms with E-state index in [2.05, 4.69) is 72.5 Å². The second-order valence-corrected chi connectivity index (χ2v) is 8.69. The van der Waals surface area contributed by atoms with Crippen molar-refractivity contribution in [1.29, 1.82) is 0 Å². The molecule has 2 rings (SSSR count). The summed E-state index contributed by atoms with van der Waals surface area (Å²) >= 11 is 1.21. The summed E-state index contributed by atoms with van der Waals surface area (Å²) in [6.45, 7) is 18.6. The lowest BCUT2D eigenvalue weighted by Gasteiger charge is -1.98. The van der Waals surface area contributed by atoms with Crippen LogP contribution in [-0.2, 0) is 0 Å². The Bertz CT molecular complexity index is 857. The van der Waals surface area contributed by atoms with Gasteiger partial charge in [0.05, 0.1) is 9.93 Å². The number of rotatable bonds is 4. The highest BCUT2D eigenvalue weighted by Gasteiger charge is 2.17. The molecule has 0 atom stereocenters. The highest BCUT2D eigenvalue weighted by atomic mass is 32.1. The third-order valence-corrected chi connectivity index (χ3v) is 4.04. The van der Waals surface area contributed by atoms with Crippen molar-refractivity contribution in [1.82, 2.24) is 4.98 Å². The number of nitro benzene ring substituents is 1. The van der Waals surface area contributed by atoms with E-state index in [9.17, 15) is 14.9 Å². The third-order valence-electron chi connectivity index (χ3n) is 3.06. The van der Waals surface area contributed by atoms with Gasteiger partial charge in [-0.1, -0.05) is 71.3 Å². The lowest BCUT2D eigenvalue weighted by molar-refractivity contribution is -0.384. The molecule has 7 heteroatoms. The fourth-order valence-electron chi connectivity index (χ4n) is 1.80. The van der Waals surface area contributed by atoms with Gasteiger partial charge in [-0.2, -0.15) is 0 Å². The molecule has 0 radical (unpaired) electrons. The molecule has 2 N–H and O–H groups in total. The van der Waals surface area contributed by atoms with Crippen LogP contribution in [0.2, 0.25) is 0 Å². The number of aromatic nitrogens is 1. The van der Waals surface area contributed by atoms with Gasteiger partial charge >= 0.3 is 0 Å². The van der Waals surface area contributed by atoms with Crippen LogP contribution in [0.4, 0.5) is 11.5 Å². The van der Waals surface area contributed by atoms with E-state index in [1.807, 2.05) is 0 Å². The number of carbonyl (C=O) groups excluding carboxylic acids is 1. The van der Waals surface area contributed by atoms with Crippen LogP contribution >= 0.6 is 11.3 Å². The average Bonchev–Trinajstić information content (AvgIpc) is 3.05. The van der Waals surface area contributed by atoms with Gasteiger partial charge in [0.15, 0.2) is 0 Å². The Balaban J connectivity index is -0.000000504. The van der Waals surface area contributed by atoms with Crippen LogP contribution in [-0.4, -0.2) is 15.7 Å². The van der Waals surface area contributed by atoms with E-state index in [1.165, 1.54) is 59.6 Å². The normalized spacial score (nSPS) is 8.64. The monoisotopic (exact) mass is 477 g/mol. The van der Waals surface area contributed by atoms with Gasteiger partial charge in [-0.05, 0) is 46.8 Å². The van der Waals surface area contributed by atoms with Gasteiger partial charge in [-0.3, -0.25) is 14.9 Å². The number of ketones is 1. The molecule has 0 spiro atoms. The summed E-state index contributed by atoms with van der Waals surface area (Å²) in [5, 5.41) is 11.2. The molecule has 33 heavy (non-hydrogen) atoms. The molecule has 1 heterocycles. The van der Waals surface area contributed by atoms with E-state index in [1.54, 1.807) is 6.92 Å². The first-order chi connectivity index (χ1) is 14.9. The summed E-state index contributed by atoms with van der Waals surface area (Å²) < 4.78 is 0. The van der Waals surface area contributed by atoms with Crippen LogP contribution in [0.1, 0.15) is 95.9 Å². The van der Waals surface area contributed by atoms with Gasteiger partial charge in [0, 0.05) is 17.7 Å². The van der Waals surface area contributed by atoms with Crippen molar-refractivity contribution in [2.24, 2.45) is 0 Å². The zero-order valence-corrected chi connectivity index (χ0v) is 21.8. The summed E-state index contributed by atoms with van der Waals surface area (Å²) in [5.41, 5.74) is 8.64. The molecule has 0 saturated heterocycles. The smallest absolute Gasteiger partial charge is 0.269 e. The molecule has 0 bridgehead atoms. The van der Waals surface area contributed by atoms with Gasteiger partial charge < -0.3 is 5.73 Å². The SMILES string of the molecule is C.CC(C)=CC=C(C)C.CCC.CCC.Cc1nc(N)c(C(=O)c2ccc([N+](=O)[O-])cc2)s1. The van der Waals surface area contributed by atoms with E-state index >= 15 is 0 Å². The van der Waals surface area contributed by atoms with Crippen molar-refractivity contribution < 1.29 is 9.72 Å². The maximum Gasteiger partial charge on any atom is 0.269 e. The molecular formula is C26H43N3O3S. The van der Waals surface area contributed by atoms with Crippen LogP contribution in [0.15, 0.2) is 47.6 Å². The van der Waals surface area contributed by atoms with Crippen molar-refractivity contribution in [3.8, 4) is 0 Å². The number of allylic oxidation sites excluding steroid dienone is 4. The van der Waals surface area contributed by atoms with Crippen LogP contribution in [0.5, 0.6) is 0 Å². The van der Waals surface area contributed by atoms with Crippen molar-refractivity contribution in [3.63, 3.8) is 0 Å². The van der Waals surface area contributed by atoms with Crippen LogP contribution < -0.4 is 5.73 Å². The van der Waals surface area contributed by atoms with E-state index in [4.69, 9.17) is 5.73 Å². The topological polar surface area (TPSA) is 99.1 Å².